The van der Waals surface area contributed by atoms with E-state index in [1.165, 1.54) is 48.1 Å². The molecular formula is C84H111N14O29P3S2. The molecular weight excluding hydrogens is 1830 g/mol. The number of aliphatic hydroxyl groups is 1. The third kappa shape index (κ3) is 26.2. The number of benzene rings is 2. The van der Waals surface area contributed by atoms with E-state index in [-0.39, 0.29) is 162 Å². The molecule has 0 spiro atoms. The molecule has 14 atom stereocenters. The Morgan fingerprint density at radius 2 is 1.34 bits per heavy atom. The maximum atomic E-state index is 15.0. The molecule has 43 nitrogen and oxygen atoms in total. The number of aryl methyl sites for hydroxylation is 2. The third-order valence-corrected chi connectivity index (χ3v) is 29.9. The summed E-state index contributed by atoms with van der Waals surface area (Å²) in [6, 6.07) is 2.46. The van der Waals surface area contributed by atoms with Crippen LogP contribution in [0.3, 0.4) is 0 Å². The number of nitrogens with one attached hydrogen (secondary N) is 5. The van der Waals surface area contributed by atoms with Crippen molar-refractivity contribution in [2.45, 2.75) is 223 Å². The number of phosphoric ester groups is 1. The van der Waals surface area contributed by atoms with Gasteiger partial charge in [-0.3, -0.25) is 67.4 Å². The first-order valence-corrected chi connectivity index (χ1v) is 50.6. The van der Waals surface area contributed by atoms with Crippen LogP contribution in [0.1, 0.15) is 181 Å². The highest BCUT2D eigenvalue weighted by Crippen LogP contribution is 2.67. The van der Waals surface area contributed by atoms with Gasteiger partial charge in [-0.15, -0.1) is 0 Å². The van der Waals surface area contributed by atoms with Crippen molar-refractivity contribution < 1.29 is 139 Å². The van der Waals surface area contributed by atoms with Gasteiger partial charge in [0.25, 0.3) is 5.91 Å². The fourth-order valence-corrected chi connectivity index (χ4v) is 22.6. The first kappa shape index (κ1) is 102. The second-order valence-corrected chi connectivity index (χ2v) is 40.1. The normalized spacial score (nSPS) is 23.2. The Kier molecular flexibility index (Phi) is 35.3. The molecule has 132 heavy (non-hydrogen) atoms. The molecule has 12 unspecified atom stereocenters. The summed E-state index contributed by atoms with van der Waals surface area (Å²) in [4.78, 5) is 232. The summed E-state index contributed by atoms with van der Waals surface area (Å²) in [6.07, 6.45) is 4.31. The van der Waals surface area contributed by atoms with Crippen molar-refractivity contribution in [2.24, 2.45) is 21.6 Å². The van der Waals surface area contributed by atoms with Gasteiger partial charge in [-0.25, -0.2) is 23.5 Å². The number of aliphatic carboxylic acids is 3. The predicted molar refractivity (Wildman–Crippen MR) is 475 cm³/mol. The Labute approximate surface area is 768 Å². The molecule has 9 aliphatic rings. The number of fused-ring (bicyclic) bond motifs is 6. The van der Waals surface area contributed by atoms with E-state index >= 15 is 0 Å². The maximum Gasteiger partial charge on any atom is 0.536 e. The molecule has 5 fully saturated rings. The quantitative estimate of drug-likeness (QED) is 0.0194. The van der Waals surface area contributed by atoms with Gasteiger partial charge in [0.05, 0.1) is 36.8 Å². The molecule has 0 radical (unpaired) electrons. The van der Waals surface area contributed by atoms with Crippen LogP contribution in [0.25, 0.3) is 0 Å². The largest absolute Gasteiger partial charge is 0.536 e. The minimum Gasteiger partial charge on any atom is -0.481 e. The van der Waals surface area contributed by atoms with Crippen LogP contribution in [0.4, 0.5) is 0 Å². The van der Waals surface area contributed by atoms with Gasteiger partial charge in [0.2, 0.25) is 53.2 Å². The number of rotatable bonds is 42. The lowest BCUT2D eigenvalue weighted by Gasteiger charge is -2.38. The number of ether oxygens (including phenoxy) is 2. The van der Waals surface area contributed by atoms with Gasteiger partial charge < -0.3 is 111 Å². The number of likely N-dealkylation sites (tertiary alicyclic amines) is 4. The molecule has 48 heteroatoms. The fraction of sp³-hybridized carbons (Fsp3) is 0.560. The highest BCUT2D eigenvalue weighted by molar-refractivity contribution is 8.76. The van der Waals surface area contributed by atoms with E-state index in [1.807, 2.05) is 49.5 Å². The molecule has 718 valence electrons. The predicted octanol–water partition coefficient (Wildman–Crippen LogP) is 3.82. The van der Waals surface area contributed by atoms with Gasteiger partial charge in [-0.2, -0.15) is 8.62 Å². The lowest BCUT2D eigenvalue weighted by Crippen LogP contribution is -2.58. The Morgan fingerprint density at radius 1 is 0.720 bits per heavy atom. The molecule has 15 N–H and O–H groups in total. The van der Waals surface area contributed by atoms with Crippen molar-refractivity contribution in [3.05, 3.63) is 111 Å². The molecule has 2 aromatic carbocycles. The zero-order valence-corrected chi connectivity index (χ0v) is 77.6. The smallest absolute Gasteiger partial charge is 0.481 e. The number of phosphoric acid groups is 3. The number of nitrogens with two attached hydrogens (primary N) is 1. The second kappa shape index (κ2) is 45.6. The zero-order chi connectivity index (χ0) is 95.8. The maximum absolute atomic E-state index is 15.0. The molecule has 2 aromatic rings. The highest BCUT2D eigenvalue weighted by Gasteiger charge is 2.53. The van der Waals surface area contributed by atoms with Crippen molar-refractivity contribution in [2.75, 3.05) is 70.9 Å². The van der Waals surface area contributed by atoms with Gasteiger partial charge in [0, 0.05) is 125 Å². The molecule has 0 saturated carbocycles. The number of aliphatic hydroxyl groups excluding tert-OH is 1. The Morgan fingerprint density at radius 3 is 2.01 bits per heavy atom. The SMILES string of the molecule is CCCc1cc2c(cc1C)C(c1ccccc1C(=O)N(C)CCCC(=O)N1CCCC1C(=O)N1CCCC1C(=O)NCCCCC(NC(=O)C1CCCN1C(=O)CCSSCCC(=O)NCC#CC1=CN3C(=C(OP(=O)(O)OP(=O)(O)OP(=O)(O)O)[C@H]4O[C@@H]3CC4O)N=C1N)C(=O)N1CCCC1C(=O)NC(CC(=O)O)C(=O)NC(CC(=O)O)C(=O)O)C1C=C(C)/C(=N/CC)C=C1O2. The number of carbonyl (C=O) groups is 13. The van der Waals surface area contributed by atoms with Crippen LogP contribution in [0, 0.1) is 24.7 Å². The van der Waals surface area contributed by atoms with Crippen LogP contribution < -0.4 is 37.1 Å². The average molecular weight is 1940 g/mol. The Bertz CT molecular complexity index is 5230. The molecule has 1 aliphatic carbocycles. The third-order valence-electron chi connectivity index (χ3n) is 23.7. The minimum absolute atomic E-state index is 0.00479. The summed E-state index contributed by atoms with van der Waals surface area (Å²) in [5.41, 5.74) is 12.7. The number of amides is 10. The molecule has 11 rings (SSSR count). The van der Waals surface area contributed by atoms with Crippen LogP contribution in [0.15, 0.2) is 93.2 Å². The average Bonchev–Trinajstić information content (AvgIpc) is 1.10. The Balaban J connectivity index is 0.667. The van der Waals surface area contributed by atoms with E-state index in [2.05, 4.69) is 78.8 Å². The van der Waals surface area contributed by atoms with Gasteiger partial charge in [0.1, 0.15) is 72.0 Å². The number of aliphatic imine (C=N–C) groups is 2. The molecule has 2 bridgehead atoms. The van der Waals surface area contributed by atoms with Crippen LogP contribution in [0.5, 0.6) is 5.75 Å². The van der Waals surface area contributed by atoms with Gasteiger partial charge in [-0.1, -0.05) is 77.1 Å². The van der Waals surface area contributed by atoms with Crippen molar-refractivity contribution in [1.82, 2.24) is 56.0 Å². The zero-order valence-electron chi connectivity index (χ0n) is 73.3. The van der Waals surface area contributed by atoms with E-state index < -0.39 is 162 Å². The van der Waals surface area contributed by atoms with E-state index in [0.717, 1.165) is 57.2 Å². The van der Waals surface area contributed by atoms with Crippen LogP contribution >= 0.6 is 45.1 Å². The number of nitrogens with zero attached hydrogens (tertiary/aromatic N) is 8. The van der Waals surface area contributed by atoms with Crippen LogP contribution in [-0.4, -0.2) is 290 Å². The Hall–Kier alpha value is -10.3. The number of allylic oxidation sites excluding steroid dienone is 3. The molecule has 10 amide bonds. The van der Waals surface area contributed by atoms with Crippen molar-refractivity contribution >= 4 is 134 Å². The monoisotopic (exact) mass is 1940 g/mol. The minimum atomic E-state index is -5.93. The summed E-state index contributed by atoms with van der Waals surface area (Å²) in [5.74, 6) is -5.23. The molecule has 8 heterocycles. The van der Waals surface area contributed by atoms with E-state index in [4.69, 9.17) is 34.5 Å². The first-order valence-electron chi connectivity index (χ1n) is 43.6. The summed E-state index contributed by atoms with van der Waals surface area (Å²) in [7, 11) is -13.2. The summed E-state index contributed by atoms with van der Waals surface area (Å²) in [6.45, 7) is 9.64. The van der Waals surface area contributed by atoms with Crippen LogP contribution in [-0.2, 0) is 95.5 Å². The molecule has 5 saturated heterocycles. The van der Waals surface area contributed by atoms with E-state index in [0.29, 0.717) is 57.2 Å². The highest BCUT2D eigenvalue weighted by atomic mass is 33.1. The van der Waals surface area contributed by atoms with E-state index in [1.54, 1.807) is 16.8 Å². The lowest BCUT2D eigenvalue weighted by molar-refractivity contribution is -0.148. The number of amidine groups is 1. The number of unbranched alkanes of at least 4 members (excludes halogenated alkanes) is 1. The van der Waals surface area contributed by atoms with Crippen molar-refractivity contribution in [3.8, 4) is 17.6 Å². The summed E-state index contributed by atoms with van der Waals surface area (Å²) < 4.78 is 60.9. The van der Waals surface area contributed by atoms with Gasteiger partial charge >= 0.3 is 41.4 Å². The number of carboxylic acid groups (broad SMARTS) is 3. The topological polar surface area (TPSA) is 611 Å². The fourth-order valence-electron chi connectivity index (χ4n) is 17.5. The lowest BCUT2D eigenvalue weighted by atomic mass is 9.72. The number of hydrogen-bond acceptors (Lipinski definition) is 28. The second-order valence-electron chi connectivity index (χ2n) is 33.1. The van der Waals surface area contributed by atoms with Gasteiger partial charge in [0.15, 0.2) is 11.6 Å². The van der Waals surface area contributed by atoms with Crippen molar-refractivity contribution in [1.29, 1.82) is 0 Å². The summed E-state index contributed by atoms with van der Waals surface area (Å²) >= 11 is 0. The standard InChI is InChI=1S/C84H111N14O29P3S2/c1-6-18-49-41-64-53(39-47(49)3)72(54-40-48(4)56(86-7-2)42-65(54)123-64)51-20-8-9-21-52(51)81(111)93(5)32-17-27-67(101)95-34-16-26-62(95)83(113)97-36-14-23-59(97)78(108)88-30-11-10-22-55(82(112)96-35-15-25-61(96)80(110)90-57(43-70(103)104)77(107)91-58(84(114)115)44-71(105)106)89-79(109)60-24-13-33-94(60)68(102)29-38-132-131-37-28-66(100)87-31-12-19-50-46-98-69-45-63(99)73(124-69)74(76(98)92-75(50)85)125-129(119,120)127-130(121,122)126-128(116,117)118/h8-9,20-21,39-42,46,54-55,57-63,69,72-73,99H,6-7,10-11,13-18,22-38,43-45H2,1-5H3,(H2,85,92)(H,87,100)(H,88,108)(H,89,109)(H,90,110)(H,91,107)(H,103,104)(H,105,106)(H,114,115)(H,119,120)(H,121,122)(H2,116,117,118)/b86-56+/t54?,55?,57?,58?,59?,60?,61?,62?,63?,69-,72?,73+/m1/s1. The van der Waals surface area contributed by atoms with Crippen molar-refractivity contribution in [3.63, 3.8) is 0 Å². The van der Waals surface area contributed by atoms with Gasteiger partial charge in [-0.05, 0) is 139 Å². The van der Waals surface area contributed by atoms with E-state index in [9.17, 15) is 106 Å². The first-order chi connectivity index (χ1) is 62.6. The molecule has 8 aliphatic heterocycles. The number of carbonyl (C=O) groups excluding carboxylic acids is 10. The molecule has 0 aromatic heterocycles. The number of carboxylic acids is 3. The number of hydrogen-bond donors (Lipinski definition) is 14. The summed E-state index contributed by atoms with van der Waals surface area (Å²) in [5, 5.41) is 51.9. The van der Waals surface area contributed by atoms with Crippen LogP contribution in [0.2, 0.25) is 0 Å².